The molecule has 2 rings (SSSR count). The quantitative estimate of drug-likeness (QED) is 0.910. The van der Waals surface area contributed by atoms with E-state index in [1.165, 1.54) is 0 Å². The van der Waals surface area contributed by atoms with Gasteiger partial charge in [0.05, 0.1) is 5.25 Å². The van der Waals surface area contributed by atoms with Crippen LogP contribution in [0.5, 0.6) is 0 Å². The highest BCUT2D eigenvalue weighted by molar-refractivity contribution is 7.92. The molecule has 0 saturated heterocycles. The van der Waals surface area contributed by atoms with Gasteiger partial charge in [0.1, 0.15) is 0 Å². The van der Waals surface area contributed by atoms with Gasteiger partial charge in [0, 0.05) is 16.7 Å². The Morgan fingerprint density at radius 1 is 1.41 bits per heavy atom. The molecular weight excluding hydrogens is 258 g/mol. The number of rotatable bonds is 4. The number of nitrogens with two attached hydrogens (primary N) is 1. The Morgan fingerprint density at radius 3 is 2.65 bits per heavy atom. The molecule has 2 N–H and O–H groups in total. The van der Waals surface area contributed by atoms with Crippen LogP contribution in [-0.4, -0.2) is 26.0 Å². The first-order valence-corrected chi connectivity index (χ1v) is 7.77. The first-order chi connectivity index (χ1) is 8.01. The fourth-order valence-electron chi connectivity index (χ4n) is 2.46. The van der Waals surface area contributed by atoms with Crippen LogP contribution in [0, 0.1) is 5.92 Å². The highest BCUT2D eigenvalue weighted by Gasteiger charge is 2.56. The van der Waals surface area contributed by atoms with Gasteiger partial charge in [0.2, 0.25) is 0 Å². The largest absolute Gasteiger partial charge is 0.330 e. The summed E-state index contributed by atoms with van der Waals surface area (Å²) in [7, 11) is -3.02. The maximum atomic E-state index is 11.9. The standard InChI is InChI=1S/C12H16ClNO2S/c1-2-17(15,16)12-10(7-14)11(12)8-4-3-5-9(13)6-8/h3-6,10-12H,2,7,14H2,1H3/t10-,11-,12+/m0/s1. The lowest BCUT2D eigenvalue weighted by Gasteiger charge is -2.01. The van der Waals surface area contributed by atoms with Crippen LogP contribution in [0.25, 0.3) is 0 Å². The van der Waals surface area contributed by atoms with Gasteiger partial charge < -0.3 is 5.73 Å². The van der Waals surface area contributed by atoms with Crippen molar-refractivity contribution in [1.29, 1.82) is 0 Å². The normalized spacial score (nSPS) is 28.1. The summed E-state index contributed by atoms with van der Waals surface area (Å²) in [6.07, 6.45) is 0. The van der Waals surface area contributed by atoms with E-state index in [0.717, 1.165) is 5.56 Å². The van der Waals surface area contributed by atoms with Crippen molar-refractivity contribution in [2.45, 2.75) is 18.1 Å². The predicted octanol–water partition coefficient (Wildman–Crippen LogP) is 1.82. The molecule has 0 heterocycles. The van der Waals surface area contributed by atoms with Crippen LogP contribution < -0.4 is 5.73 Å². The Bertz CT molecular complexity index is 515. The highest BCUT2D eigenvalue weighted by Crippen LogP contribution is 2.52. The van der Waals surface area contributed by atoms with E-state index >= 15 is 0 Å². The Kier molecular flexibility index (Phi) is 3.48. The SMILES string of the molecule is CCS(=O)(=O)[C@@H]1[C@@H](CN)[C@@H]1c1cccc(Cl)c1. The molecule has 0 spiro atoms. The van der Waals surface area contributed by atoms with E-state index in [1.807, 2.05) is 18.2 Å². The van der Waals surface area contributed by atoms with Gasteiger partial charge in [-0.1, -0.05) is 30.7 Å². The van der Waals surface area contributed by atoms with Gasteiger partial charge in [-0.3, -0.25) is 0 Å². The predicted molar refractivity (Wildman–Crippen MR) is 70.0 cm³/mol. The van der Waals surface area contributed by atoms with Crippen molar-refractivity contribution >= 4 is 21.4 Å². The molecule has 1 aromatic rings. The number of benzene rings is 1. The molecule has 1 fully saturated rings. The topological polar surface area (TPSA) is 60.2 Å². The molecule has 0 amide bonds. The summed E-state index contributed by atoms with van der Waals surface area (Å²) in [4.78, 5) is 0. The van der Waals surface area contributed by atoms with E-state index in [0.29, 0.717) is 11.6 Å². The van der Waals surface area contributed by atoms with Gasteiger partial charge in [0.25, 0.3) is 0 Å². The molecule has 17 heavy (non-hydrogen) atoms. The fraction of sp³-hybridized carbons (Fsp3) is 0.500. The molecular formula is C12H16ClNO2S. The molecule has 0 bridgehead atoms. The first-order valence-electron chi connectivity index (χ1n) is 5.68. The lowest BCUT2D eigenvalue weighted by Crippen LogP contribution is -2.15. The summed E-state index contributed by atoms with van der Waals surface area (Å²) in [6.45, 7) is 2.08. The summed E-state index contributed by atoms with van der Waals surface area (Å²) in [6, 6.07) is 7.39. The van der Waals surface area contributed by atoms with Crippen molar-refractivity contribution in [2.24, 2.45) is 11.7 Å². The number of sulfone groups is 1. The highest BCUT2D eigenvalue weighted by atomic mass is 35.5. The van der Waals surface area contributed by atoms with Crippen molar-refractivity contribution in [3.63, 3.8) is 0 Å². The Balaban J connectivity index is 2.29. The van der Waals surface area contributed by atoms with E-state index < -0.39 is 9.84 Å². The molecule has 5 heteroatoms. The molecule has 1 aromatic carbocycles. The molecule has 1 aliphatic rings. The maximum Gasteiger partial charge on any atom is 0.153 e. The van der Waals surface area contributed by atoms with Crippen LogP contribution in [0.4, 0.5) is 0 Å². The number of hydrogen-bond donors (Lipinski definition) is 1. The van der Waals surface area contributed by atoms with Gasteiger partial charge in [-0.2, -0.15) is 0 Å². The summed E-state index contributed by atoms with van der Waals surface area (Å²) in [5, 5.41) is 0.314. The lowest BCUT2D eigenvalue weighted by atomic mass is 10.1. The van der Waals surface area contributed by atoms with Crippen molar-refractivity contribution in [1.82, 2.24) is 0 Å². The zero-order chi connectivity index (χ0) is 12.6. The second kappa shape index (κ2) is 4.59. The summed E-state index contributed by atoms with van der Waals surface area (Å²) in [5.74, 6) is 0.229. The molecule has 0 unspecified atom stereocenters. The zero-order valence-electron chi connectivity index (χ0n) is 9.64. The molecule has 1 saturated carbocycles. The summed E-state index contributed by atoms with van der Waals surface area (Å²) >= 11 is 5.92. The minimum absolute atomic E-state index is 0.0173. The Labute approximate surface area is 107 Å². The molecule has 3 atom stereocenters. The second-order valence-electron chi connectivity index (χ2n) is 4.40. The van der Waals surface area contributed by atoms with Crippen molar-refractivity contribution in [2.75, 3.05) is 12.3 Å². The van der Waals surface area contributed by atoms with Crippen molar-refractivity contribution in [3.05, 3.63) is 34.9 Å². The monoisotopic (exact) mass is 273 g/mol. The molecule has 0 aliphatic heterocycles. The lowest BCUT2D eigenvalue weighted by molar-refractivity contribution is 0.593. The Hall–Kier alpha value is -0.580. The van der Waals surface area contributed by atoms with Crippen molar-refractivity contribution < 1.29 is 8.42 Å². The van der Waals surface area contributed by atoms with Gasteiger partial charge in [-0.05, 0) is 30.2 Å². The van der Waals surface area contributed by atoms with Crippen LogP contribution in [0.2, 0.25) is 5.02 Å². The molecule has 3 nitrogen and oxygen atoms in total. The van der Waals surface area contributed by atoms with Crippen molar-refractivity contribution in [3.8, 4) is 0 Å². The zero-order valence-corrected chi connectivity index (χ0v) is 11.2. The van der Waals surface area contributed by atoms with Crippen LogP contribution in [0.1, 0.15) is 18.4 Å². The van der Waals surface area contributed by atoms with Gasteiger partial charge in [-0.25, -0.2) is 8.42 Å². The van der Waals surface area contributed by atoms with Crippen LogP contribution in [-0.2, 0) is 9.84 Å². The van der Waals surface area contributed by atoms with E-state index in [9.17, 15) is 8.42 Å². The fourth-order valence-corrected chi connectivity index (χ4v) is 4.57. The second-order valence-corrected chi connectivity index (χ2v) is 7.28. The maximum absolute atomic E-state index is 11.9. The Morgan fingerprint density at radius 2 is 2.12 bits per heavy atom. The van der Waals surface area contributed by atoms with Gasteiger partial charge in [0.15, 0.2) is 9.84 Å². The molecule has 0 radical (unpaired) electrons. The van der Waals surface area contributed by atoms with Gasteiger partial charge >= 0.3 is 0 Å². The van der Waals surface area contributed by atoms with E-state index in [1.54, 1.807) is 13.0 Å². The molecule has 0 aromatic heterocycles. The molecule has 1 aliphatic carbocycles. The minimum atomic E-state index is -3.02. The van der Waals surface area contributed by atoms with E-state index in [4.69, 9.17) is 17.3 Å². The third-order valence-electron chi connectivity index (χ3n) is 3.42. The first kappa shape index (κ1) is 12.9. The smallest absolute Gasteiger partial charge is 0.153 e. The average Bonchev–Trinajstić information content (AvgIpc) is 3.04. The van der Waals surface area contributed by atoms with Crippen LogP contribution >= 0.6 is 11.6 Å². The summed E-state index contributed by atoms with van der Waals surface area (Å²) in [5.41, 5.74) is 6.63. The number of hydrogen-bond acceptors (Lipinski definition) is 3. The van der Waals surface area contributed by atoms with E-state index in [-0.39, 0.29) is 22.8 Å². The van der Waals surface area contributed by atoms with Gasteiger partial charge in [-0.15, -0.1) is 0 Å². The summed E-state index contributed by atoms with van der Waals surface area (Å²) < 4.78 is 23.8. The van der Waals surface area contributed by atoms with E-state index in [2.05, 4.69) is 0 Å². The third kappa shape index (κ3) is 2.34. The van der Waals surface area contributed by atoms with Crippen LogP contribution in [0.3, 0.4) is 0 Å². The third-order valence-corrected chi connectivity index (χ3v) is 5.93. The average molecular weight is 274 g/mol. The molecule has 94 valence electrons. The minimum Gasteiger partial charge on any atom is -0.330 e. The van der Waals surface area contributed by atoms with Crippen LogP contribution in [0.15, 0.2) is 24.3 Å². The number of halogens is 1.